The van der Waals surface area contributed by atoms with Gasteiger partial charge in [0.25, 0.3) is 0 Å². The molecular weight excluding hydrogens is 168 g/mol. The zero-order chi connectivity index (χ0) is 10.3. The summed E-state index contributed by atoms with van der Waals surface area (Å²) >= 11 is 0. The first-order valence-electron chi connectivity index (χ1n) is 4.54. The van der Waals surface area contributed by atoms with Crippen molar-refractivity contribution in [3.05, 3.63) is 11.6 Å². The molecule has 0 aliphatic rings. The average Bonchev–Trinajstić information content (AvgIpc) is 2.05. The molecule has 0 saturated heterocycles. The third-order valence-electron chi connectivity index (χ3n) is 1.60. The van der Waals surface area contributed by atoms with Crippen molar-refractivity contribution in [2.24, 2.45) is 0 Å². The zero-order valence-electron chi connectivity index (χ0n) is 8.79. The second-order valence-corrected chi connectivity index (χ2v) is 2.68. The predicted octanol–water partition coefficient (Wildman–Crippen LogP) is 1.92. The van der Waals surface area contributed by atoms with E-state index in [1.54, 1.807) is 13.0 Å². The van der Waals surface area contributed by atoms with Crippen LogP contribution in [0.25, 0.3) is 0 Å². The van der Waals surface area contributed by atoms with Crippen LogP contribution < -0.4 is 0 Å². The van der Waals surface area contributed by atoms with Crippen LogP contribution in [0.15, 0.2) is 11.6 Å². The molecule has 0 amide bonds. The number of ether oxygens (including phenoxy) is 2. The van der Waals surface area contributed by atoms with Crippen LogP contribution in [0.2, 0.25) is 0 Å². The van der Waals surface area contributed by atoms with E-state index in [9.17, 15) is 4.79 Å². The normalized spacial score (nSPS) is 12.2. The molecule has 0 aromatic carbocycles. The third kappa shape index (κ3) is 5.55. The zero-order valence-corrected chi connectivity index (χ0v) is 8.79. The summed E-state index contributed by atoms with van der Waals surface area (Å²) in [4.78, 5) is 10.9. The Labute approximate surface area is 79.7 Å². The maximum absolute atomic E-state index is 10.9. The maximum Gasteiger partial charge on any atom is 0.177 e. The van der Waals surface area contributed by atoms with Crippen molar-refractivity contribution in [1.82, 2.24) is 0 Å². The van der Waals surface area contributed by atoms with Gasteiger partial charge in [0.1, 0.15) is 0 Å². The average molecular weight is 186 g/mol. The minimum Gasteiger partial charge on any atom is -0.349 e. The van der Waals surface area contributed by atoms with Gasteiger partial charge in [0.15, 0.2) is 12.1 Å². The van der Waals surface area contributed by atoms with Gasteiger partial charge >= 0.3 is 0 Å². The Kier molecular flexibility index (Phi) is 6.45. The molecule has 0 spiro atoms. The highest BCUT2D eigenvalue weighted by atomic mass is 16.7. The Morgan fingerprint density at radius 3 is 2.00 bits per heavy atom. The van der Waals surface area contributed by atoms with E-state index >= 15 is 0 Å². The second kappa shape index (κ2) is 6.80. The Hall–Kier alpha value is -0.670. The van der Waals surface area contributed by atoms with Gasteiger partial charge < -0.3 is 9.47 Å². The highest BCUT2D eigenvalue weighted by Crippen LogP contribution is 2.03. The van der Waals surface area contributed by atoms with Crippen LogP contribution >= 0.6 is 0 Å². The van der Waals surface area contributed by atoms with Gasteiger partial charge in [0, 0.05) is 13.2 Å². The SMILES string of the molecule is CCOC(C=C(C)C(C)=O)OCC. The Balaban J connectivity index is 4.20. The lowest BCUT2D eigenvalue weighted by Gasteiger charge is -2.13. The number of carbonyl (C=O) groups is 1. The van der Waals surface area contributed by atoms with Crippen molar-refractivity contribution in [3.8, 4) is 0 Å². The highest BCUT2D eigenvalue weighted by Gasteiger charge is 2.05. The molecular formula is C10H18O3. The van der Waals surface area contributed by atoms with Crippen LogP contribution in [0, 0.1) is 0 Å². The Morgan fingerprint density at radius 2 is 1.69 bits per heavy atom. The van der Waals surface area contributed by atoms with E-state index < -0.39 is 0 Å². The van der Waals surface area contributed by atoms with Crippen LogP contribution in [-0.4, -0.2) is 25.3 Å². The molecule has 0 aliphatic carbocycles. The van der Waals surface area contributed by atoms with Gasteiger partial charge in [0.05, 0.1) is 0 Å². The van der Waals surface area contributed by atoms with E-state index in [2.05, 4.69) is 0 Å². The summed E-state index contributed by atoms with van der Waals surface area (Å²) < 4.78 is 10.5. The van der Waals surface area contributed by atoms with Crippen molar-refractivity contribution in [1.29, 1.82) is 0 Å². The molecule has 0 saturated carbocycles. The molecule has 3 nitrogen and oxygen atoms in total. The number of ketones is 1. The number of allylic oxidation sites excluding steroid dienone is 1. The molecule has 0 aromatic rings. The lowest BCUT2D eigenvalue weighted by molar-refractivity contribution is -0.115. The lowest BCUT2D eigenvalue weighted by Crippen LogP contribution is -2.15. The van der Waals surface area contributed by atoms with Crippen LogP contribution in [0.1, 0.15) is 27.7 Å². The standard InChI is InChI=1S/C10H18O3/c1-5-12-10(13-6-2)7-8(3)9(4)11/h7,10H,5-6H2,1-4H3. The van der Waals surface area contributed by atoms with E-state index in [4.69, 9.17) is 9.47 Å². The van der Waals surface area contributed by atoms with Crippen LogP contribution in [0.4, 0.5) is 0 Å². The molecule has 0 radical (unpaired) electrons. The highest BCUT2D eigenvalue weighted by molar-refractivity contribution is 5.92. The number of rotatable bonds is 6. The maximum atomic E-state index is 10.9. The number of carbonyl (C=O) groups excluding carboxylic acids is 1. The predicted molar refractivity (Wildman–Crippen MR) is 51.5 cm³/mol. The van der Waals surface area contributed by atoms with Gasteiger partial charge in [-0.3, -0.25) is 4.79 Å². The smallest absolute Gasteiger partial charge is 0.177 e. The van der Waals surface area contributed by atoms with Crippen LogP contribution in [0.3, 0.4) is 0 Å². The topological polar surface area (TPSA) is 35.5 Å². The van der Waals surface area contributed by atoms with Crippen LogP contribution in [0.5, 0.6) is 0 Å². The first-order valence-corrected chi connectivity index (χ1v) is 4.54. The molecule has 0 unspecified atom stereocenters. The van der Waals surface area contributed by atoms with E-state index in [1.807, 2.05) is 13.8 Å². The molecule has 0 atom stereocenters. The molecule has 0 N–H and O–H groups in total. The quantitative estimate of drug-likeness (QED) is 0.469. The second-order valence-electron chi connectivity index (χ2n) is 2.68. The van der Waals surface area contributed by atoms with Gasteiger partial charge in [-0.1, -0.05) is 0 Å². The van der Waals surface area contributed by atoms with Crippen molar-refractivity contribution in [2.75, 3.05) is 13.2 Å². The molecule has 0 fully saturated rings. The van der Waals surface area contributed by atoms with Gasteiger partial charge in [0.2, 0.25) is 0 Å². The molecule has 3 heteroatoms. The summed E-state index contributed by atoms with van der Waals surface area (Å²) in [6, 6.07) is 0. The van der Waals surface area contributed by atoms with Crippen molar-refractivity contribution in [2.45, 2.75) is 34.0 Å². The van der Waals surface area contributed by atoms with Gasteiger partial charge in [-0.2, -0.15) is 0 Å². The van der Waals surface area contributed by atoms with Gasteiger partial charge in [-0.15, -0.1) is 0 Å². The fraction of sp³-hybridized carbons (Fsp3) is 0.700. The third-order valence-corrected chi connectivity index (χ3v) is 1.60. The van der Waals surface area contributed by atoms with E-state index in [0.29, 0.717) is 18.8 Å². The molecule has 0 aliphatic heterocycles. The Bertz CT molecular complexity index is 179. The van der Waals surface area contributed by atoms with E-state index in [1.165, 1.54) is 6.92 Å². The number of hydrogen-bond acceptors (Lipinski definition) is 3. The summed E-state index contributed by atoms with van der Waals surface area (Å²) in [5.74, 6) is 0.0457. The first-order chi connectivity index (χ1) is 6.11. The molecule has 0 rings (SSSR count). The first kappa shape index (κ1) is 12.3. The van der Waals surface area contributed by atoms with Crippen LogP contribution in [-0.2, 0) is 14.3 Å². The fourth-order valence-corrected chi connectivity index (χ4v) is 0.794. The van der Waals surface area contributed by atoms with E-state index in [0.717, 1.165) is 0 Å². The summed E-state index contributed by atoms with van der Waals surface area (Å²) in [5, 5.41) is 0. The van der Waals surface area contributed by atoms with Crippen molar-refractivity contribution in [3.63, 3.8) is 0 Å². The summed E-state index contributed by atoms with van der Waals surface area (Å²) in [7, 11) is 0. The van der Waals surface area contributed by atoms with Crippen molar-refractivity contribution >= 4 is 5.78 Å². The van der Waals surface area contributed by atoms with Gasteiger partial charge in [-0.05, 0) is 39.3 Å². The molecule has 0 aromatic heterocycles. The molecule has 0 heterocycles. The summed E-state index contributed by atoms with van der Waals surface area (Å²) in [6.07, 6.45) is 1.31. The Morgan fingerprint density at radius 1 is 1.23 bits per heavy atom. The molecule has 76 valence electrons. The minimum atomic E-state index is -0.390. The van der Waals surface area contributed by atoms with Gasteiger partial charge in [-0.25, -0.2) is 0 Å². The minimum absolute atomic E-state index is 0.0457. The summed E-state index contributed by atoms with van der Waals surface area (Å²) in [5.41, 5.74) is 0.673. The number of hydrogen-bond donors (Lipinski definition) is 0. The van der Waals surface area contributed by atoms with Crippen molar-refractivity contribution < 1.29 is 14.3 Å². The summed E-state index contributed by atoms with van der Waals surface area (Å²) in [6.45, 7) is 8.22. The largest absolute Gasteiger partial charge is 0.349 e. The number of Topliss-reactive ketones (excluding diaryl/α,β-unsaturated/α-hetero) is 1. The lowest BCUT2D eigenvalue weighted by atomic mass is 10.2. The fourth-order valence-electron chi connectivity index (χ4n) is 0.794. The molecule has 0 bridgehead atoms. The monoisotopic (exact) mass is 186 g/mol. The molecule has 13 heavy (non-hydrogen) atoms. The van der Waals surface area contributed by atoms with E-state index in [-0.39, 0.29) is 12.1 Å².